The molecule has 4 rings (SSSR count). The van der Waals surface area contributed by atoms with Gasteiger partial charge in [-0.2, -0.15) is 13.2 Å². The number of halogens is 5. The highest BCUT2D eigenvalue weighted by Gasteiger charge is 2.33. The molecule has 0 atom stereocenters. The van der Waals surface area contributed by atoms with Crippen LogP contribution < -0.4 is 9.84 Å². The number of amides is 1. The molecule has 0 aliphatic rings. The van der Waals surface area contributed by atoms with Gasteiger partial charge in [0, 0.05) is 5.02 Å². The maximum absolute atomic E-state index is 13.8. The summed E-state index contributed by atoms with van der Waals surface area (Å²) in [6.45, 7) is -0.274. The van der Waals surface area contributed by atoms with Crippen LogP contribution in [-0.4, -0.2) is 5.91 Å². The Bertz CT molecular complexity index is 1470. The van der Waals surface area contributed by atoms with Crippen LogP contribution in [0.25, 0.3) is 0 Å². The predicted molar refractivity (Wildman–Crippen MR) is 147 cm³/mol. The second-order valence-electron chi connectivity index (χ2n) is 8.34. The van der Waals surface area contributed by atoms with E-state index in [1.54, 1.807) is 60.7 Å². The lowest BCUT2D eigenvalue weighted by Gasteiger charge is -2.20. The van der Waals surface area contributed by atoms with E-state index in [9.17, 15) is 22.5 Å². The smallest absolute Gasteiger partial charge is 0.403 e. The van der Waals surface area contributed by atoms with Crippen molar-refractivity contribution in [3.05, 3.63) is 129 Å². The second-order valence-corrected chi connectivity index (χ2v) is 10.8. The van der Waals surface area contributed by atoms with Crippen LogP contribution in [0.1, 0.15) is 27.0 Å². The van der Waals surface area contributed by atoms with Gasteiger partial charge in [0.15, 0.2) is 0 Å². The molecule has 208 valence electrons. The SMILES string of the molecule is O=C(Nc1cc(C(F)(F)F)ccc1Cl)c1cc(Cl)ccc1OP(=O)(OCc1ccccc1)OCc1ccccc1. The summed E-state index contributed by atoms with van der Waals surface area (Å²) < 4.78 is 70.3. The fourth-order valence-corrected chi connectivity index (χ4v) is 4.94. The molecule has 6 nitrogen and oxygen atoms in total. The van der Waals surface area contributed by atoms with Crippen LogP contribution in [0, 0.1) is 0 Å². The van der Waals surface area contributed by atoms with E-state index in [4.69, 9.17) is 36.8 Å². The standard InChI is InChI=1S/C28H21Cl2F3NO5P/c29-22-12-14-26(23(16-22)27(35)34-25-15-21(28(31,32)33)11-13-24(25)30)39-40(36,37-17-19-7-3-1-4-8-19)38-18-20-9-5-2-6-10-20/h1-16H,17-18H2,(H,34,35). The van der Waals surface area contributed by atoms with Crippen molar-refractivity contribution in [1.29, 1.82) is 0 Å². The van der Waals surface area contributed by atoms with Crippen LogP contribution in [0.5, 0.6) is 5.75 Å². The van der Waals surface area contributed by atoms with Crippen molar-refractivity contribution in [1.82, 2.24) is 0 Å². The molecule has 0 saturated carbocycles. The van der Waals surface area contributed by atoms with E-state index in [1.807, 2.05) is 0 Å². The third-order valence-corrected chi connectivity index (χ3v) is 7.28. The second kappa shape index (κ2) is 12.9. The number of phosphoric acid groups is 1. The van der Waals surface area contributed by atoms with Gasteiger partial charge >= 0.3 is 14.0 Å². The first-order chi connectivity index (χ1) is 19.0. The maximum Gasteiger partial charge on any atom is 0.530 e. The van der Waals surface area contributed by atoms with Crippen LogP contribution in [-0.2, 0) is 33.0 Å². The van der Waals surface area contributed by atoms with E-state index < -0.39 is 25.5 Å². The Hall–Kier alpha value is -3.33. The lowest BCUT2D eigenvalue weighted by molar-refractivity contribution is -0.137. The lowest BCUT2D eigenvalue weighted by atomic mass is 10.1. The molecule has 0 spiro atoms. The summed E-state index contributed by atoms with van der Waals surface area (Å²) in [5.74, 6) is -1.16. The van der Waals surface area contributed by atoms with Crippen molar-refractivity contribution in [2.45, 2.75) is 19.4 Å². The number of phosphoric ester groups is 1. The Morgan fingerprint density at radius 2 is 1.38 bits per heavy atom. The zero-order valence-electron chi connectivity index (χ0n) is 20.5. The van der Waals surface area contributed by atoms with Gasteiger partial charge in [-0.1, -0.05) is 83.9 Å². The molecule has 0 saturated heterocycles. The van der Waals surface area contributed by atoms with Gasteiger partial charge in [0.25, 0.3) is 5.91 Å². The Morgan fingerprint density at radius 3 is 1.93 bits per heavy atom. The van der Waals surface area contributed by atoms with Crippen molar-refractivity contribution >= 4 is 42.6 Å². The third kappa shape index (κ3) is 8.10. The van der Waals surface area contributed by atoms with Gasteiger partial charge in [-0.3, -0.25) is 13.8 Å². The minimum absolute atomic E-state index is 0.109. The first-order valence-corrected chi connectivity index (χ1v) is 13.9. The Labute approximate surface area is 238 Å². The number of alkyl halides is 3. The Balaban J connectivity index is 1.62. The minimum Gasteiger partial charge on any atom is -0.403 e. The van der Waals surface area contributed by atoms with Gasteiger partial charge in [0.1, 0.15) is 5.75 Å². The first-order valence-electron chi connectivity index (χ1n) is 11.7. The number of hydrogen-bond donors (Lipinski definition) is 1. The normalized spacial score (nSPS) is 11.7. The molecular formula is C28H21Cl2F3NO5P. The number of carbonyl (C=O) groups is 1. The number of nitrogens with one attached hydrogen (secondary N) is 1. The highest BCUT2D eigenvalue weighted by atomic mass is 35.5. The molecule has 0 unspecified atom stereocenters. The molecule has 0 fully saturated rings. The van der Waals surface area contributed by atoms with Crippen molar-refractivity contribution in [3.63, 3.8) is 0 Å². The molecular weight excluding hydrogens is 589 g/mol. The molecule has 12 heteroatoms. The summed E-state index contributed by atoms with van der Waals surface area (Å²) in [5, 5.41) is 2.31. The summed E-state index contributed by atoms with van der Waals surface area (Å²) in [4.78, 5) is 13.2. The average Bonchev–Trinajstić information content (AvgIpc) is 2.93. The first kappa shape index (κ1) is 29.6. The maximum atomic E-state index is 13.8. The number of anilines is 1. The van der Waals surface area contributed by atoms with Crippen LogP contribution in [0.3, 0.4) is 0 Å². The fraction of sp³-hybridized carbons (Fsp3) is 0.107. The van der Waals surface area contributed by atoms with Gasteiger partial charge in [0.2, 0.25) is 0 Å². The fourth-order valence-electron chi connectivity index (χ4n) is 3.41. The van der Waals surface area contributed by atoms with Crippen molar-refractivity contribution in [2.24, 2.45) is 0 Å². The Kier molecular flexibility index (Phi) is 9.56. The highest BCUT2D eigenvalue weighted by molar-refractivity contribution is 7.48. The molecule has 0 bridgehead atoms. The molecule has 40 heavy (non-hydrogen) atoms. The highest BCUT2D eigenvalue weighted by Crippen LogP contribution is 2.52. The number of benzene rings is 4. The van der Waals surface area contributed by atoms with Gasteiger partial charge in [0.05, 0.1) is 35.1 Å². The van der Waals surface area contributed by atoms with E-state index in [2.05, 4.69) is 5.32 Å². The van der Waals surface area contributed by atoms with Crippen molar-refractivity contribution in [3.8, 4) is 5.75 Å². The molecule has 0 aliphatic heterocycles. The number of carbonyl (C=O) groups excluding carboxylic acids is 1. The Morgan fingerprint density at radius 1 is 0.800 bits per heavy atom. The molecule has 0 heterocycles. The van der Waals surface area contributed by atoms with Crippen molar-refractivity contribution in [2.75, 3.05) is 5.32 Å². The molecule has 0 aromatic heterocycles. The zero-order chi connectivity index (χ0) is 28.8. The lowest BCUT2D eigenvalue weighted by Crippen LogP contribution is -2.15. The number of hydrogen-bond acceptors (Lipinski definition) is 5. The summed E-state index contributed by atoms with van der Waals surface area (Å²) in [5.41, 5.74) is -0.183. The summed E-state index contributed by atoms with van der Waals surface area (Å²) in [7, 11) is -4.37. The van der Waals surface area contributed by atoms with Crippen LogP contribution in [0.15, 0.2) is 97.1 Å². The predicted octanol–water partition coefficient (Wildman–Crippen LogP) is 9.18. The monoisotopic (exact) mass is 609 g/mol. The van der Waals surface area contributed by atoms with E-state index in [0.29, 0.717) is 17.2 Å². The van der Waals surface area contributed by atoms with Gasteiger partial charge in [-0.15, -0.1) is 0 Å². The molecule has 0 aliphatic carbocycles. The van der Waals surface area contributed by atoms with E-state index >= 15 is 0 Å². The molecule has 1 N–H and O–H groups in total. The molecule has 4 aromatic carbocycles. The summed E-state index contributed by atoms with van der Waals surface area (Å²) in [6, 6.07) is 24.1. The molecule has 4 aromatic rings. The quantitative estimate of drug-likeness (QED) is 0.181. The largest absolute Gasteiger partial charge is 0.530 e. The minimum atomic E-state index is -4.66. The average molecular weight is 610 g/mol. The van der Waals surface area contributed by atoms with Crippen LogP contribution in [0.2, 0.25) is 10.0 Å². The summed E-state index contributed by atoms with van der Waals surface area (Å²) in [6.07, 6.45) is -4.66. The van der Waals surface area contributed by atoms with Gasteiger partial charge < -0.3 is 9.84 Å². The van der Waals surface area contributed by atoms with E-state index in [-0.39, 0.29) is 40.3 Å². The van der Waals surface area contributed by atoms with Gasteiger partial charge in [-0.05, 0) is 47.5 Å². The van der Waals surface area contributed by atoms with E-state index in [0.717, 1.165) is 12.1 Å². The van der Waals surface area contributed by atoms with E-state index in [1.165, 1.54) is 18.2 Å². The molecule has 1 amide bonds. The van der Waals surface area contributed by atoms with Crippen LogP contribution in [0.4, 0.5) is 18.9 Å². The van der Waals surface area contributed by atoms with Gasteiger partial charge in [-0.25, -0.2) is 4.57 Å². The molecule has 0 radical (unpaired) electrons. The van der Waals surface area contributed by atoms with Crippen molar-refractivity contribution < 1.29 is 36.1 Å². The third-order valence-electron chi connectivity index (χ3n) is 5.40. The van der Waals surface area contributed by atoms with Crippen LogP contribution >= 0.6 is 31.0 Å². The number of rotatable bonds is 10. The zero-order valence-corrected chi connectivity index (χ0v) is 22.9. The topological polar surface area (TPSA) is 73.9 Å². The summed E-state index contributed by atoms with van der Waals surface area (Å²) >= 11 is 12.1.